The van der Waals surface area contributed by atoms with Gasteiger partial charge in [-0.1, -0.05) is 35.9 Å². The molecule has 1 atom stereocenters. The first-order valence-electron chi connectivity index (χ1n) is 8.83. The summed E-state index contributed by atoms with van der Waals surface area (Å²) in [4.78, 5) is 14.1. The minimum Gasteiger partial charge on any atom is -0.340 e. The predicted octanol–water partition coefficient (Wildman–Crippen LogP) is 4.59. The van der Waals surface area contributed by atoms with Gasteiger partial charge in [0, 0.05) is 29.0 Å². The summed E-state index contributed by atoms with van der Waals surface area (Å²) in [5, 5.41) is 5.01. The number of amides is 1. The molecule has 1 N–H and O–H groups in total. The smallest absolute Gasteiger partial charge is 0.252 e. The highest BCUT2D eigenvalue weighted by molar-refractivity contribution is 9.10. The quantitative estimate of drug-likeness (QED) is 0.547. The Balaban J connectivity index is 1.96. The van der Waals surface area contributed by atoms with Crippen molar-refractivity contribution in [3.05, 3.63) is 86.0 Å². The van der Waals surface area contributed by atoms with Crippen LogP contribution in [-0.2, 0) is 10.0 Å². The van der Waals surface area contributed by atoms with E-state index in [4.69, 9.17) is 0 Å². The predicted molar refractivity (Wildman–Crippen MR) is 120 cm³/mol. The number of carbonyl (C=O) groups is 1. The Morgan fingerprint density at radius 1 is 1.10 bits per heavy atom. The van der Waals surface area contributed by atoms with Crippen molar-refractivity contribution in [1.29, 1.82) is 0 Å². The Bertz CT molecular complexity index is 1110. The Hall–Kier alpha value is -2.00. The number of sulfonamides is 1. The van der Waals surface area contributed by atoms with Gasteiger partial charge < -0.3 is 5.32 Å². The maximum Gasteiger partial charge on any atom is 0.252 e. The highest BCUT2D eigenvalue weighted by atomic mass is 79.9. The molecule has 3 rings (SSSR count). The molecular weight excluding hydrogens is 472 g/mol. The van der Waals surface area contributed by atoms with Crippen molar-refractivity contribution in [3.63, 3.8) is 0 Å². The summed E-state index contributed by atoms with van der Waals surface area (Å²) < 4.78 is 26.6. The molecule has 29 heavy (non-hydrogen) atoms. The molecule has 0 saturated carbocycles. The van der Waals surface area contributed by atoms with E-state index in [2.05, 4.69) is 21.2 Å². The van der Waals surface area contributed by atoms with Crippen LogP contribution in [0.15, 0.2) is 69.3 Å². The normalized spacial score (nSPS) is 12.7. The zero-order valence-electron chi connectivity index (χ0n) is 16.2. The number of hydrogen-bond donors (Lipinski definition) is 1. The monoisotopic (exact) mass is 492 g/mol. The van der Waals surface area contributed by atoms with Crippen LogP contribution in [0.4, 0.5) is 0 Å². The second kappa shape index (κ2) is 8.79. The number of thiophene rings is 1. The van der Waals surface area contributed by atoms with Gasteiger partial charge in [-0.2, -0.15) is 0 Å². The first-order valence-corrected chi connectivity index (χ1v) is 11.9. The fourth-order valence-electron chi connectivity index (χ4n) is 2.79. The number of benzene rings is 2. The highest BCUT2D eigenvalue weighted by Gasteiger charge is 2.24. The van der Waals surface area contributed by atoms with Crippen LogP contribution in [-0.4, -0.2) is 32.7 Å². The molecule has 8 heteroatoms. The Kier molecular flexibility index (Phi) is 6.58. The molecular formula is C21H21BrN2O3S2. The van der Waals surface area contributed by atoms with Crippen LogP contribution in [0.1, 0.15) is 32.4 Å². The number of halogens is 1. The van der Waals surface area contributed by atoms with Crippen LogP contribution in [0.5, 0.6) is 0 Å². The van der Waals surface area contributed by atoms with Crippen molar-refractivity contribution in [3.8, 4) is 0 Å². The van der Waals surface area contributed by atoms with Gasteiger partial charge in [0.1, 0.15) is 0 Å². The maximum absolute atomic E-state index is 13.0. The van der Waals surface area contributed by atoms with Crippen LogP contribution in [0.3, 0.4) is 0 Å². The summed E-state index contributed by atoms with van der Waals surface area (Å²) in [6, 6.07) is 16.2. The van der Waals surface area contributed by atoms with Gasteiger partial charge in [-0.15, -0.1) is 11.3 Å². The van der Waals surface area contributed by atoms with Crippen molar-refractivity contribution in [2.75, 3.05) is 14.1 Å². The molecule has 0 aliphatic heterocycles. The number of hydrogen-bond acceptors (Lipinski definition) is 4. The van der Waals surface area contributed by atoms with Crippen molar-refractivity contribution >= 4 is 43.2 Å². The Morgan fingerprint density at radius 2 is 1.79 bits per heavy atom. The molecule has 1 heterocycles. The molecule has 2 aromatic carbocycles. The van der Waals surface area contributed by atoms with Gasteiger partial charge in [-0.3, -0.25) is 4.79 Å². The third-order valence-electron chi connectivity index (χ3n) is 4.47. The van der Waals surface area contributed by atoms with Gasteiger partial charge in [-0.25, -0.2) is 12.7 Å². The number of carbonyl (C=O) groups excluding carboxylic acids is 1. The summed E-state index contributed by atoms with van der Waals surface area (Å²) in [6.07, 6.45) is 0. The van der Waals surface area contributed by atoms with E-state index in [1.54, 1.807) is 23.5 Å². The fraction of sp³-hybridized carbons (Fsp3) is 0.190. The van der Waals surface area contributed by atoms with Crippen LogP contribution < -0.4 is 5.32 Å². The first kappa shape index (κ1) is 21.7. The van der Waals surface area contributed by atoms with Crippen molar-refractivity contribution < 1.29 is 13.2 Å². The Morgan fingerprint density at radius 3 is 2.38 bits per heavy atom. The average molecular weight is 493 g/mol. The van der Waals surface area contributed by atoms with E-state index in [-0.39, 0.29) is 22.4 Å². The minimum absolute atomic E-state index is 0.0539. The maximum atomic E-state index is 13.0. The largest absolute Gasteiger partial charge is 0.340 e. The van der Waals surface area contributed by atoms with E-state index in [1.807, 2.05) is 48.7 Å². The molecule has 0 spiro atoms. The van der Waals surface area contributed by atoms with E-state index in [0.29, 0.717) is 4.47 Å². The van der Waals surface area contributed by atoms with Crippen molar-refractivity contribution in [2.24, 2.45) is 0 Å². The SMILES string of the molecule is Cc1ccc(C(NC(=O)c2ccc(Br)c(S(=O)(=O)N(C)C)c2)c2cccs2)cc1. The lowest BCUT2D eigenvalue weighted by molar-refractivity contribution is 0.0943. The van der Waals surface area contributed by atoms with E-state index in [0.717, 1.165) is 20.3 Å². The molecule has 0 bridgehead atoms. The summed E-state index contributed by atoms with van der Waals surface area (Å²) in [7, 11) is -0.770. The topological polar surface area (TPSA) is 66.5 Å². The molecule has 0 saturated heterocycles. The van der Waals surface area contributed by atoms with Crippen LogP contribution in [0.25, 0.3) is 0 Å². The molecule has 0 fully saturated rings. The average Bonchev–Trinajstić information content (AvgIpc) is 3.21. The summed E-state index contributed by atoms with van der Waals surface area (Å²) in [5.41, 5.74) is 2.38. The molecule has 1 amide bonds. The zero-order chi connectivity index (χ0) is 21.2. The Labute approximate surface area is 183 Å². The third-order valence-corrected chi connectivity index (χ3v) is 8.21. The van der Waals surface area contributed by atoms with Gasteiger partial charge in [0.2, 0.25) is 10.0 Å². The molecule has 5 nitrogen and oxygen atoms in total. The lowest BCUT2D eigenvalue weighted by atomic mass is 10.0. The molecule has 0 radical (unpaired) electrons. The second-order valence-electron chi connectivity index (χ2n) is 6.77. The van der Waals surface area contributed by atoms with Crippen LogP contribution >= 0.6 is 27.3 Å². The van der Waals surface area contributed by atoms with Crippen LogP contribution in [0, 0.1) is 6.92 Å². The minimum atomic E-state index is -3.68. The first-order chi connectivity index (χ1) is 13.7. The third kappa shape index (κ3) is 4.78. The second-order valence-corrected chi connectivity index (χ2v) is 10.7. The standard InChI is InChI=1S/C21H21BrN2O3S2/c1-14-6-8-15(9-7-14)20(18-5-4-12-28-18)23-21(25)16-10-11-17(22)19(13-16)29(26,27)24(2)3/h4-13,20H,1-3H3,(H,23,25). The fourth-order valence-corrected chi connectivity index (χ4v) is 5.43. The summed E-state index contributed by atoms with van der Waals surface area (Å²) in [5.74, 6) is -0.341. The molecule has 3 aromatic rings. The molecule has 0 aliphatic carbocycles. The van der Waals surface area contributed by atoms with Gasteiger partial charge in [0.15, 0.2) is 0 Å². The van der Waals surface area contributed by atoms with Gasteiger partial charge in [0.05, 0.1) is 10.9 Å². The number of aryl methyl sites for hydroxylation is 1. The summed E-state index contributed by atoms with van der Waals surface area (Å²) >= 11 is 4.83. The van der Waals surface area contributed by atoms with Crippen molar-refractivity contribution in [2.45, 2.75) is 17.9 Å². The lowest BCUT2D eigenvalue weighted by Gasteiger charge is -2.19. The van der Waals surface area contributed by atoms with Gasteiger partial charge in [0.25, 0.3) is 5.91 Å². The van der Waals surface area contributed by atoms with E-state index in [9.17, 15) is 13.2 Å². The van der Waals surface area contributed by atoms with Crippen molar-refractivity contribution in [1.82, 2.24) is 9.62 Å². The number of nitrogens with one attached hydrogen (secondary N) is 1. The number of nitrogens with zero attached hydrogens (tertiary/aromatic N) is 1. The van der Waals surface area contributed by atoms with Crippen LogP contribution in [0.2, 0.25) is 0 Å². The van der Waals surface area contributed by atoms with E-state index in [1.165, 1.54) is 20.2 Å². The molecule has 1 unspecified atom stereocenters. The zero-order valence-corrected chi connectivity index (χ0v) is 19.4. The highest BCUT2D eigenvalue weighted by Crippen LogP contribution is 2.28. The molecule has 1 aromatic heterocycles. The van der Waals surface area contributed by atoms with Gasteiger partial charge in [-0.05, 0) is 58.1 Å². The lowest BCUT2D eigenvalue weighted by Crippen LogP contribution is -2.29. The molecule has 152 valence electrons. The van der Waals surface area contributed by atoms with Gasteiger partial charge >= 0.3 is 0 Å². The van der Waals surface area contributed by atoms with E-state index < -0.39 is 10.0 Å². The summed E-state index contributed by atoms with van der Waals surface area (Å²) in [6.45, 7) is 2.01. The molecule has 0 aliphatic rings. The number of rotatable bonds is 6. The van der Waals surface area contributed by atoms with E-state index >= 15 is 0 Å².